The molecule has 0 atom stereocenters. The largest absolute Gasteiger partial charge is 0.573 e. The zero-order valence-electron chi connectivity index (χ0n) is 15.7. The highest BCUT2D eigenvalue weighted by molar-refractivity contribution is 14.1. The topological polar surface area (TPSA) is 51.5 Å². The number of nitrogens with zero attached hydrogens (tertiary/aromatic N) is 3. The average molecular weight is 544 g/mol. The lowest BCUT2D eigenvalue weighted by atomic mass is 10.2. The van der Waals surface area contributed by atoms with Crippen molar-refractivity contribution in [1.82, 2.24) is 14.4 Å². The Labute approximate surface area is 188 Å². The number of fused-ring (bicyclic) bond motifs is 1. The van der Waals surface area contributed by atoms with Gasteiger partial charge in [-0.15, -0.1) is 24.5 Å². The molecule has 0 spiro atoms. The zero-order chi connectivity index (χ0) is 21.3. The number of imidazole rings is 1. The molecule has 0 amide bonds. The number of nitrogens with one attached hydrogen (secondary N) is 1. The van der Waals surface area contributed by atoms with Crippen LogP contribution in [0.4, 0.5) is 18.3 Å². The van der Waals surface area contributed by atoms with Gasteiger partial charge in [0, 0.05) is 20.7 Å². The number of hydrogen-bond acceptors (Lipinski definition) is 5. The predicted molar refractivity (Wildman–Crippen MR) is 119 cm³/mol. The van der Waals surface area contributed by atoms with Crippen molar-refractivity contribution < 1.29 is 17.9 Å². The van der Waals surface area contributed by atoms with Crippen molar-refractivity contribution in [1.29, 1.82) is 0 Å². The molecular weight excluding hydrogens is 528 g/mol. The van der Waals surface area contributed by atoms with Gasteiger partial charge in [-0.05, 0) is 65.4 Å². The van der Waals surface area contributed by atoms with E-state index in [1.165, 1.54) is 23.5 Å². The van der Waals surface area contributed by atoms with Gasteiger partial charge in [0.05, 0.1) is 23.6 Å². The Balaban J connectivity index is 1.49. The summed E-state index contributed by atoms with van der Waals surface area (Å²) < 4.78 is 44.0. The van der Waals surface area contributed by atoms with Crippen molar-refractivity contribution in [2.45, 2.75) is 26.3 Å². The summed E-state index contributed by atoms with van der Waals surface area (Å²) in [6.07, 6.45) is -1.83. The van der Waals surface area contributed by atoms with Crippen LogP contribution in [0.2, 0.25) is 0 Å². The number of pyridine rings is 1. The highest BCUT2D eigenvalue weighted by atomic mass is 127. The number of hydrogen-bond donors (Lipinski definition) is 1. The van der Waals surface area contributed by atoms with Crippen molar-refractivity contribution in [3.63, 3.8) is 0 Å². The number of rotatable bonds is 6. The van der Waals surface area contributed by atoms with Crippen LogP contribution < -0.4 is 10.1 Å². The van der Waals surface area contributed by atoms with Crippen LogP contribution in [0.5, 0.6) is 5.75 Å². The second kappa shape index (κ2) is 8.42. The first-order chi connectivity index (χ1) is 14.3. The SMILES string of the molecule is CCc1nc2ccc(I)cn2c1CNc1nc(-c2ccc(OC(F)(F)F)cc2)cs1. The van der Waals surface area contributed by atoms with Crippen molar-refractivity contribution in [3.8, 4) is 17.0 Å². The molecule has 5 nitrogen and oxygen atoms in total. The van der Waals surface area contributed by atoms with Crippen molar-refractivity contribution in [2.24, 2.45) is 0 Å². The van der Waals surface area contributed by atoms with E-state index in [1.807, 2.05) is 17.5 Å². The van der Waals surface area contributed by atoms with Crippen LogP contribution in [0.15, 0.2) is 48.0 Å². The maximum absolute atomic E-state index is 12.3. The smallest absolute Gasteiger partial charge is 0.406 e. The Morgan fingerprint density at radius 3 is 2.60 bits per heavy atom. The van der Waals surface area contributed by atoms with E-state index in [2.05, 4.69) is 60.1 Å². The van der Waals surface area contributed by atoms with E-state index < -0.39 is 6.36 Å². The van der Waals surface area contributed by atoms with E-state index in [9.17, 15) is 13.2 Å². The van der Waals surface area contributed by atoms with E-state index in [0.29, 0.717) is 17.8 Å². The van der Waals surface area contributed by atoms with E-state index >= 15 is 0 Å². The molecule has 156 valence electrons. The Morgan fingerprint density at radius 1 is 1.13 bits per heavy atom. The number of aryl methyl sites for hydroxylation is 1. The van der Waals surface area contributed by atoms with Crippen molar-refractivity contribution in [2.75, 3.05) is 5.32 Å². The minimum absolute atomic E-state index is 0.255. The number of ether oxygens (including phenoxy) is 1. The molecule has 0 bridgehead atoms. The predicted octanol–water partition coefficient (Wildman–Crippen LogP) is 6.14. The van der Waals surface area contributed by atoms with Gasteiger partial charge in [-0.25, -0.2) is 9.97 Å². The number of thiazole rings is 1. The number of aromatic nitrogens is 3. The Kier molecular flexibility index (Phi) is 5.87. The van der Waals surface area contributed by atoms with E-state index in [-0.39, 0.29) is 5.75 Å². The average Bonchev–Trinajstić information content (AvgIpc) is 3.30. The molecular formula is C20H16F3IN4OS. The molecule has 4 aromatic rings. The normalized spacial score (nSPS) is 11.8. The molecule has 0 aliphatic rings. The van der Waals surface area contributed by atoms with Crippen LogP contribution in [0.1, 0.15) is 18.3 Å². The van der Waals surface area contributed by atoms with Crippen LogP contribution >= 0.6 is 33.9 Å². The van der Waals surface area contributed by atoms with E-state index in [4.69, 9.17) is 0 Å². The fourth-order valence-electron chi connectivity index (χ4n) is 3.06. The Bertz CT molecular complexity index is 1170. The second-order valence-electron chi connectivity index (χ2n) is 6.40. The van der Waals surface area contributed by atoms with Crippen LogP contribution in [0.25, 0.3) is 16.9 Å². The molecule has 0 saturated carbocycles. The van der Waals surface area contributed by atoms with Gasteiger partial charge in [-0.2, -0.15) is 0 Å². The molecule has 3 heterocycles. The molecule has 0 aliphatic heterocycles. The van der Waals surface area contributed by atoms with Gasteiger partial charge < -0.3 is 14.5 Å². The first-order valence-electron chi connectivity index (χ1n) is 9.03. The first kappa shape index (κ1) is 20.9. The van der Waals surface area contributed by atoms with E-state index in [0.717, 1.165) is 32.2 Å². The lowest BCUT2D eigenvalue weighted by Crippen LogP contribution is -2.16. The van der Waals surface area contributed by atoms with Gasteiger partial charge in [-0.1, -0.05) is 6.92 Å². The third-order valence-corrected chi connectivity index (χ3v) is 5.83. The number of anilines is 1. The highest BCUT2D eigenvalue weighted by Crippen LogP contribution is 2.29. The van der Waals surface area contributed by atoms with Gasteiger partial charge in [-0.3, -0.25) is 0 Å². The molecule has 0 radical (unpaired) electrons. The molecule has 10 heteroatoms. The third-order valence-electron chi connectivity index (χ3n) is 4.39. The summed E-state index contributed by atoms with van der Waals surface area (Å²) in [7, 11) is 0. The van der Waals surface area contributed by atoms with Gasteiger partial charge in [0.1, 0.15) is 11.4 Å². The van der Waals surface area contributed by atoms with Crippen LogP contribution in [0, 0.1) is 3.57 Å². The Morgan fingerprint density at radius 2 is 1.90 bits per heavy atom. The maximum Gasteiger partial charge on any atom is 0.573 e. The molecule has 0 aliphatic carbocycles. The van der Waals surface area contributed by atoms with Crippen LogP contribution in [-0.4, -0.2) is 20.7 Å². The molecule has 1 aromatic carbocycles. The summed E-state index contributed by atoms with van der Waals surface area (Å²) in [6.45, 7) is 2.64. The summed E-state index contributed by atoms with van der Waals surface area (Å²) in [5.74, 6) is -0.255. The molecule has 30 heavy (non-hydrogen) atoms. The van der Waals surface area contributed by atoms with Gasteiger partial charge in [0.25, 0.3) is 0 Å². The third kappa shape index (κ3) is 4.69. The quantitative estimate of drug-likeness (QED) is 0.297. The van der Waals surface area contributed by atoms with Gasteiger partial charge >= 0.3 is 6.36 Å². The van der Waals surface area contributed by atoms with Gasteiger partial charge in [0.2, 0.25) is 0 Å². The Hall–Kier alpha value is -2.34. The van der Waals surface area contributed by atoms with E-state index in [1.54, 1.807) is 12.1 Å². The molecule has 4 rings (SSSR count). The first-order valence-corrected chi connectivity index (χ1v) is 11.0. The highest BCUT2D eigenvalue weighted by Gasteiger charge is 2.31. The second-order valence-corrected chi connectivity index (χ2v) is 8.50. The number of alkyl halides is 3. The monoisotopic (exact) mass is 544 g/mol. The lowest BCUT2D eigenvalue weighted by molar-refractivity contribution is -0.274. The minimum atomic E-state index is -4.70. The summed E-state index contributed by atoms with van der Waals surface area (Å²) in [5, 5.41) is 5.92. The van der Waals surface area contributed by atoms with Crippen molar-refractivity contribution >= 4 is 44.7 Å². The maximum atomic E-state index is 12.3. The molecule has 3 aromatic heterocycles. The van der Waals surface area contributed by atoms with Crippen LogP contribution in [0.3, 0.4) is 0 Å². The summed E-state index contributed by atoms with van der Waals surface area (Å²) in [5.41, 5.74) is 4.42. The number of benzene rings is 1. The number of halogens is 4. The van der Waals surface area contributed by atoms with Crippen molar-refractivity contribution in [3.05, 3.63) is 62.9 Å². The standard InChI is InChI=1S/C20H16F3IN4OS/c1-2-15-17(28-10-13(24)5-8-18(28)26-15)9-25-19-27-16(11-30-19)12-3-6-14(7-4-12)29-20(21,22)23/h3-8,10-11H,2,9H2,1H3,(H,25,27). The fourth-order valence-corrected chi connectivity index (χ4v) is 4.24. The van der Waals surface area contributed by atoms with Gasteiger partial charge in [0.15, 0.2) is 5.13 Å². The van der Waals surface area contributed by atoms with Crippen LogP contribution in [-0.2, 0) is 13.0 Å². The summed E-state index contributed by atoms with van der Waals surface area (Å²) >= 11 is 3.71. The lowest BCUT2D eigenvalue weighted by Gasteiger charge is -2.08. The molecule has 0 unspecified atom stereocenters. The molecule has 0 fully saturated rings. The molecule has 1 N–H and O–H groups in total. The minimum Gasteiger partial charge on any atom is -0.406 e. The summed E-state index contributed by atoms with van der Waals surface area (Å²) in [4.78, 5) is 9.23. The molecule has 0 saturated heterocycles. The fraction of sp³-hybridized carbons (Fsp3) is 0.200. The zero-order valence-corrected chi connectivity index (χ0v) is 18.7. The summed E-state index contributed by atoms with van der Waals surface area (Å²) in [6, 6.07) is 9.70.